The molecule has 1 heterocycles. The third kappa shape index (κ3) is 4.63. The maximum atomic E-state index is 12.5. The average Bonchev–Trinajstić information content (AvgIpc) is 3.11. The largest absolute Gasteiger partial charge is 0.322 e. The monoisotopic (exact) mass is 422 g/mol. The highest BCUT2D eigenvalue weighted by Crippen LogP contribution is 2.39. The molecular formula is C23H19ClN2O2S. The van der Waals surface area contributed by atoms with Crippen LogP contribution in [-0.4, -0.2) is 22.5 Å². The molecule has 3 aromatic carbocycles. The van der Waals surface area contributed by atoms with E-state index in [0.29, 0.717) is 28.6 Å². The van der Waals surface area contributed by atoms with Crippen LogP contribution < -0.4 is 5.32 Å². The normalized spacial score (nSPS) is 16.1. The van der Waals surface area contributed by atoms with Crippen molar-refractivity contribution in [1.29, 1.82) is 0 Å². The molecule has 1 aliphatic heterocycles. The molecule has 0 saturated carbocycles. The molecule has 6 heteroatoms. The fraction of sp³-hybridized carbons (Fsp3) is 0.130. The van der Waals surface area contributed by atoms with Crippen molar-refractivity contribution in [2.24, 2.45) is 0 Å². The van der Waals surface area contributed by atoms with E-state index in [0.717, 1.165) is 11.1 Å². The Morgan fingerprint density at radius 2 is 1.69 bits per heavy atom. The molecule has 1 saturated heterocycles. The number of carbonyl (C=O) groups is 2. The van der Waals surface area contributed by atoms with Crippen LogP contribution in [0.15, 0.2) is 78.9 Å². The van der Waals surface area contributed by atoms with Gasteiger partial charge < -0.3 is 10.2 Å². The van der Waals surface area contributed by atoms with E-state index >= 15 is 0 Å². The highest BCUT2D eigenvalue weighted by molar-refractivity contribution is 8.00. The van der Waals surface area contributed by atoms with E-state index in [1.807, 2.05) is 47.4 Å². The molecule has 4 nitrogen and oxygen atoms in total. The number of halogens is 1. The van der Waals surface area contributed by atoms with E-state index in [4.69, 9.17) is 11.6 Å². The number of rotatable bonds is 5. The summed E-state index contributed by atoms with van der Waals surface area (Å²) in [6, 6.07) is 24.4. The van der Waals surface area contributed by atoms with Gasteiger partial charge >= 0.3 is 0 Å². The molecule has 0 unspecified atom stereocenters. The molecule has 1 N–H and O–H groups in total. The molecule has 0 aliphatic carbocycles. The number of thioether (sulfide) groups is 1. The van der Waals surface area contributed by atoms with Gasteiger partial charge in [-0.15, -0.1) is 11.8 Å². The molecule has 1 aliphatic rings. The van der Waals surface area contributed by atoms with Crippen molar-refractivity contribution >= 4 is 40.9 Å². The van der Waals surface area contributed by atoms with Gasteiger partial charge in [-0.05, 0) is 47.5 Å². The molecule has 0 spiro atoms. The number of carbonyl (C=O) groups excluding carboxylic acids is 2. The Labute approximate surface area is 178 Å². The Hall–Kier alpha value is -2.76. The zero-order chi connectivity index (χ0) is 20.2. The Morgan fingerprint density at radius 1 is 1.00 bits per heavy atom. The molecule has 29 heavy (non-hydrogen) atoms. The molecule has 146 valence electrons. The summed E-state index contributed by atoms with van der Waals surface area (Å²) in [4.78, 5) is 26.8. The minimum Gasteiger partial charge on any atom is -0.322 e. The number of amides is 2. The van der Waals surface area contributed by atoms with Gasteiger partial charge in [0.15, 0.2) is 0 Å². The molecule has 1 fully saturated rings. The van der Waals surface area contributed by atoms with Crippen molar-refractivity contribution in [1.82, 2.24) is 4.90 Å². The van der Waals surface area contributed by atoms with Crippen molar-refractivity contribution in [2.75, 3.05) is 11.1 Å². The number of anilines is 1. The summed E-state index contributed by atoms with van der Waals surface area (Å²) in [7, 11) is 0. The lowest BCUT2D eigenvalue weighted by atomic mass is 10.1. The molecule has 4 rings (SSSR count). The van der Waals surface area contributed by atoms with Gasteiger partial charge in [0.2, 0.25) is 5.91 Å². The smallest absolute Gasteiger partial charge is 0.255 e. The summed E-state index contributed by atoms with van der Waals surface area (Å²) in [6.07, 6.45) is 0. The predicted molar refractivity (Wildman–Crippen MR) is 118 cm³/mol. The molecule has 0 radical (unpaired) electrons. The molecule has 1 atom stereocenters. The summed E-state index contributed by atoms with van der Waals surface area (Å²) in [5.74, 6) is 0.416. The highest BCUT2D eigenvalue weighted by Gasteiger charge is 2.32. The first-order valence-corrected chi connectivity index (χ1v) is 10.6. The van der Waals surface area contributed by atoms with E-state index in [1.54, 1.807) is 48.2 Å². The van der Waals surface area contributed by atoms with Crippen LogP contribution in [0, 0.1) is 0 Å². The Morgan fingerprint density at radius 3 is 2.38 bits per heavy atom. The predicted octanol–water partition coefficient (Wildman–Crippen LogP) is 5.37. The lowest BCUT2D eigenvalue weighted by Gasteiger charge is -2.24. The number of hydrogen-bond acceptors (Lipinski definition) is 3. The highest BCUT2D eigenvalue weighted by atomic mass is 35.5. The van der Waals surface area contributed by atoms with Crippen LogP contribution in [0.5, 0.6) is 0 Å². The summed E-state index contributed by atoms with van der Waals surface area (Å²) < 4.78 is 0. The quantitative estimate of drug-likeness (QED) is 0.601. The maximum absolute atomic E-state index is 12.5. The second-order valence-corrected chi connectivity index (χ2v) is 8.26. The summed E-state index contributed by atoms with van der Waals surface area (Å²) in [5, 5.41) is 3.43. The van der Waals surface area contributed by atoms with Gasteiger partial charge in [0.05, 0.1) is 5.75 Å². The third-order valence-corrected chi connectivity index (χ3v) is 6.23. The van der Waals surface area contributed by atoms with Crippen molar-refractivity contribution in [3.05, 3.63) is 101 Å². The molecular weight excluding hydrogens is 404 g/mol. The van der Waals surface area contributed by atoms with Gasteiger partial charge in [0.1, 0.15) is 5.37 Å². The van der Waals surface area contributed by atoms with Crippen LogP contribution in [0.3, 0.4) is 0 Å². The van der Waals surface area contributed by atoms with Crippen LogP contribution in [0.1, 0.15) is 26.9 Å². The first-order valence-electron chi connectivity index (χ1n) is 9.22. The lowest BCUT2D eigenvalue weighted by Crippen LogP contribution is -2.27. The molecule has 2 amide bonds. The summed E-state index contributed by atoms with van der Waals surface area (Å²) in [5.41, 5.74) is 3.37. The van der Waals surface area contributed by atoms with Crippen LogP contribution >= 0.6 is 23.4 Å². The van der Waals surface area contributed by atoms with E-state index in [-0.39, 0.29) is 17.2 Å². The van der Waals surface area contributed by atoms with Crippen molar-refractivity contribution in [3.8, 4) is 0 Å². The first kappa shape index (κ1) is 19.6. The second kappa shape index (κ2) is 8.72. The van der Waals surface area contributed by atoms with Crippen molar-refractivity contribution in [3.63, 3.8) is 0 Å². The zero-order valence-corrected chi connectivity index (χ0v) is 17.1. The fourth-order valence-electron chi connectivity index (χ4n) is 3.22. The van der Waals surface area contributed by atoms with Gasteiger partial charge in [0, 0.05) is 22.8 Å². The minimum atomic E-state index is -0.185. The van der Waals surface area contributed by atoms with Gasteiger partial charge in [-0.2, -0.15) is 0 Å². The topological polar surface area (TPSA) is 49.4 Å². The van der Waals surface area contributed by atoms with E-state index in [2.05, 4.69) is 5.32 Å². The van der Waals surface area contributed by atoms with E-state index in [1.165, 1.54) is 0 Å². The van der Waals surface area contributed by atoms with Crippen molar-refractivity contribution < 1.29 is 9.59 Å². The molecule has 0 bridgehead atoms. The van der Waals surface area contributed by atoms with Crippen molar-refractivity contribution in [2.45, 2.75) is 11.9 Å². The molecule has 0 aromatic heterocycles. The number of hydrogen-bond donors (Lipinski definition) is 1. The van der Waals surface area contributed by atoms with Gasteiger partial charge in [-0.3, -0.25) is 9.59 Å². The standard InChI is InChI=1S/C23H19ClN2O2S/c24-19-10-12-20(13-11-19)25-22(28)17-6-8-18(9-7-17)23-26(21(27)15-29-23)14-16-4-2-1-3-5-16/h1-13,23H,14-15H2,(H,25,28)/t23-/m1/s1. The fourth-order valence-corrected chi connectivity index (χ4v) is 4.53. The maximum Gasteiger partial charge on any atom is 0.255 e. The van der Waals surface area contributed by atoms with E-state index in [9.17, 15) is 9.59 Å². The van der Waals surface area contributed by atoms with Gasteiger partial charge in [0.25, 0.3) is 5.91 Å². The second-order valence-electron chi connectivity index (χ2n) is 6.75. The Balaban J connectivity index is 1.47. The van der Waals surface area contributed by atoms with Crippen LogP contribution in [-0.2, 0) is 11.3 Å². The lowest BCUT2D eigenvalue weighted by molar-refractivity contribution is -0.128. The average molecular weight is 423 g/mol. The molecule has 3 aromatic rings. The number of benzene rings is 3. The van der Waals surface area contributed by atoms with E-state index < -0.39 is 0 Å². The van der Waals surface area contributed by atoms with Crippen LogP contribution in [0.2, 0.25) is 5.02 Å². The number of nitrogens with one attached hydrogen (secondary N) is 1. The van der Waals surface area contributed by atoms with Gasteiger partial charge in [-0.1, -0.05) is 54.1 Å². The summed E-state index contributed by atoms with van der Waals surface area (Å²) >= 11 is 7.49. The number of nitrogens with zero attached hydrogens (tertiary/aromatic N) is 1. The first-order chi connectivity index (χ1) is 14.1. The Kier molecular flexibility index (Phi) is 5.88. The SMILES string of the molecule is O=C(Nc1ccc(Cl)cc1)c1ccc([C@H]2SCC(=O)N2Cc2ccccc2)cc1. The third-order valence-electron chi connectivity index (χ3n) is 4.72. The zero-order valence-electron chi connectivity index (χ0n) is 15.5. The van der Waals surface area contributed by atoms with Gasteiger partial charge in [-0.25, -0.2) is 0 Å². The van der Waals surface area contributed by atoms with Crippen LogP contribution in [0.4, 0.5) is 5.69 Å². The summed E-state index contributed by atoms with van der Waals surface area (Å²) in [6.45, 7) is 0.580. The Bertz CT molecular complexity index is 1010. The minimum absolute atomic E-state index is 0.0453. The van der Waals surface area contributed by atoms with Crippen LogP contribution in [0.25, 0.3) is 0 Å².